The highest BCUT2D eigenvalue weighted by Gasteiger charge is 2.13. The SMILES string of the molecule is CC(C)Oc1nn(C)cc1Nc1ncc2cc(C#N)[nH]c2n1.CC[C@H]1CCOC1. The first-order chi connectivity index (χ1) is 14.0. The number of fused-ring (bicyclic) bond motifs is 1. The zero-order valence-corrected chi connectivity index (χ0v) is 17.3. The van der Waals surface area contributed by atoms with Gasteiger partial charge in [-0.1, -0.05) is 13.3 Å². The summed E-state index contributed by atoms with van der Waals surface area (Å²) in [5, 5.41) is 17.0. The molecular weight excluding hydrogens is 370 g/mol. The van der Waals surface area contributed by atoms with Crippen LogP contribution in [0, 0.1) is 17.2 Å². The number of ether oxygens (including phenoxy) is 2. The van der Waals surface area contributed by atoms with Gasteiger partial charge in [-0.25, -0.2) is 4.98 Å². The van der Waals surface area contributed by atoms with Gasteiger partial charge in [0.1, 0.15) is 23.1 Å². The largest absolute Gasteiger partial charge is 0.472 e. The zero-order valence-electron chi connectivity index (χ0n) is 17.3. The van der Waals surface area contributed by atoms with Crippen molar-refractivity contribution in [3.05, 3.63) is 24.2 Å². The van der Waals surface area contributed by atoms with Gasteiger partial charge >= 0.3 is 0 Å². The zero-order chi connectivity index (χ0) is 20.8. The van der Waals surface area contributed by atoms with Crippen molar-refractivity contribution in [2.45, 2.75) is 39.7 Å². The molecule has 4 heterocycles. The van der Waals surface area contributed by atoms with Gasteiger partial charge in [0.2, 0.25) is 5.95 Å². The molecule has 1 saturated heterocycles. The van der Waals surface area contributed by atoms with E-state index in [4.69, 9.17) is 14.7 Å². The third-order valence-electron chi connectivity index (χ3n) is 4.48. The van der Waals surface area contributed by atoms with Gasteiger partial charge in [-0.2, -0.15) is 10.2 Å². The highest BCUT2D eigenvalue weighted by Crippen LogP contribution is 2.26. The number of nitrogens with one attached hydrogen (secondary N) is 2. The molecule has 0 amide bonds. The fourth-order valence-corrected chi connectivity index (χ4v) is 2.93. The molecule has 2 N–H and O–H groups in total. The highest BCUT2D eigenvalue weighted by atomic mass is 16.5. The molecule has 1 aliphatic rings. The second-order valence-corrected chi connectivity index (χ2v) is 7.24. The van der Waals surface area contributed by atoms with Crippen molar-refractivity contribution < 1.29 is 9.47 Å². The monoisotopic (exact) mass is 397 g/mol. The lowest BCUT2D eigenvalue weighted by atomic mass is 10.1. The Bertz CT molecular complexity index is 981. The maximum absolute atomic E-state index is 8.89. The standard InChI is InChI=1S/C14H15N7O.C6H12O/c1-8(2)22-13-11(7-21(3)20-13)18-14-16-6-9-4-10(5-15)17-12(9)19-14;1-2-6-3-4-7-5-6/h4,6-8H,1-3H3,(H2,16,17,18,19);6H,2-5H2,1H3/t;6-/m.0/s1. The molecule has 0 aromatic carbocycles. The van der Waals surface area contributed by atoms with Gasteiger partial charge in [0.25, 0.3) is 5.88 Å². The third kappa shape index (κ3) is 5.45. The number of aryl methyl sites for hydroxylation is 1. The molecule has 0 radical (unpaired) electrons. The van der Waals surface area contributed by atoms with Gasteiger partial charge in [0, 0.05) is 31.8 Å². The molecule has 29 heavy (non-hydrogen) atoms. The number of hydrogen-bond acceptors (Lipinski definition) is 7. The second kappa shape index (κ2) is 9.39. The van der Waals surface area contributed by atoms with Crippen molar-refractivity contribution in [2.75, 3.05) is 18.5 Å². The van der Waals surface area contributed by atoms with Crippen LogP contribution in [0.5, 0.6) is 5.88 Å². The molecule has 1 fully saturated rings. The van der Waals surface area contributed by atoms with E-state index in [2.05, 4.69) is 32.3 Å². The van der Waals surface area contributed by atoms with E-state index in [1.165, 1.54) is 12.8 Å². The molecule has 3 aromatic heterocycles. The van der Waals surface area contributed by atoms with Crippen molar-refractivity contribution in [2.24, 2.45) is 13.0 Å². The predicted octanol–water partition coefficient (Wildman–Crippen LogP) is 3.53. The summed E-state index contributed by atoms with van der Waals surface area (Å²) in [6.07, 6.45) is 6.04. The first-order valence-corrected chi connectivity index (χ1v) is 9.79. The summed E-state index contributed by atoms with van der Waals surface area (Å²) in [6.45, 7) is 8.10. The molecule has 3 aromatic rings. The van der Waals surface area contributed by atoms with E-state index in [1.807, 2.05) is 27.0 Å². The van der Waals surface area contributed by atoms with Crippen LogP contribution in [0.2, 0.25) is 0 Å². The fraction of sp³-hybridized carbons (Fsp3) is 0.500. The number of nitrogens with zero attached hydrogens (tertiary/aromatic N) is 5. The average Bonchev–Trinajstić information content (AvgIpc) is 3.41. The summed E-state index contributed by atoms with van der Waals surface area (Å²) in [6, 6.07) is 3.75. The summed E-state index contributed by atoms with van der Waals surface area (Å²) in [4.78, 5) is 11.5. The van der Waals surface area contributed by atoms with Crippen molar-refractivity contribution in [1.29, 1.82) is 5.26 Å². The Labute approximate surface area is 170 Å². The van der Waals surface area contributed by atoms with Crippen LogP contribution < -0.4 is 10.1 Å². The maximum atomic E-state index is 8.89. The lowest BCUT2D eigenvalue weighted by Gasteiger charge is -2.09. The molecular formula is C20H27N7O2. The number of aromatic amines is 1. The number of aromatic nitrogens is 5. The first kappa shape index (κ1) is 20.6. The Kier molecular flexibility index (Phi) is 6.67. The number of hydrogen-bond donors (Lipinski definition) is 2. The number of rotatable bonds is 5. The van der Waals surface area contributed by atoms with Gasteiger partial charge in [0.05, 0.1) is 12.3 Å². The molecule has 0 bridgehead atoms. The van der Waals surface area contributed by atoms with E-state index >= 15 is 0 Å². The van der Waals surface area contributed by atoms with E-state index in [9.17, 15) is 0 Å². The second-order valence-electron chi connectivity index (χ2n) is 7.24. The molecule has 154 valence electrons. The van der Waals surface area contributed by atoms with Crippen molar-refractivity contribution in [3.8, 4) is 11.9 Å². The van der Waals surface area contributed by atoms with Crippen LogP contribution in [-0.2, 0) is 11.8 Å². The van der Waals surface area contributed by atoms with Crippen molar-refractivity contribution in [3.63, 3.8) is 0 Å². The summed E-state index contributed by atoms with van der Waals surface area (Å²) in [7, 11) is 1.81. The molecule has 1 aliphatic heterocycles. The lowest BCUT2D eigenvalue weighted by molar-refractivity contribution is 0.185. The highest BCUT2D eigenvalue weighted by molar-refractivity contribution is 5.78. The first-order valence-electron chi connectivity index (χ1n) is 9.79. The minimum Gasteiger partial charge on any atom is -0.472 e. The molecule has 9 heteroatoms. The van der Waals surface area contributed by atoms with E-state index < -0.39 is 0 Å². The van der Waals surface area contributed by atoms with Crippen LogP contribution in [0.25, 0.3) is 11.0 Å². The van der Waals surface area contributed by atoms with Gasteiger partial charge in [-0.3, -0.25) is 4.68 Å². The topological polar surface area (TPSA) is 114 Å². The number of anilines is 2. The molecule has 9 nitrogen and oxygen atoms in total. The Morgan fingerprint density at radius 2 is 2.31 bits per heavy atom. The lowest BCUT2D eigenvalue weighted by Crippen LogP contribution is -2.08. The van der Waals surface area contributed by atoms with Crippen LogP contribution in [-0.4, -0.2) is 44.1 Å². The Morgan fingerprint density at radius 3 is 2.93 bits per heavy atom. The quantitative estimate of drug-likeness (QED) is 0.677. The summed E-state index contributed by atoms with van der Waals surface area (Å²) in [5.74, 6) is 1.77. The van der Waals surface area contributed by atoms with Gasteiger partial charge in [-0.05, 0) is 32.3 Å². The molecule has 4 rings (SSSR count). The Hall–Kier alpha value is -3.12. The average molecular weight is 397 g/mol. The molecule has 0 aliphatic carbocycles. The molecule has 0 spiro atoms. The number of nitriles is 1. The van der Waals surface area contributed by atoms with Crippen molar-refractivity contribution >= 4 is 22.7 Å². The maximum Gasteiger partial charge on any atom is 0.257 e. The predicted molar refractivity (Wildman–Crippen MR) is 110 cm³/mol. The smallest absolute Gasteiger partial charge is 0.257 e. The van der Waals surface area contributed by atoms with E-state index in [-0.39, 0.29) is 6.10 Å². The molecule has 0 unspecified atom stereocenters. The number of H-pyrrole nitrogens is 1. The summed E-state index contributed by atoms with van der Waals surface area (Å²) < 4.78 is 12.4. The van der Waals surface area contributed by atoms with E-state index in [1.54, 1.807) is 23.1 Å². The van der Waals surface area contributed by atoms with Crippen LogP contribution in [0.3, 0.4) is 0 Å². The Morgan fingerprint density at radius 1 is 1.48 bits per heavy atom. The summed E-state index contributed by atoms with van der Waals surface area (Å²) >= 11 is 0. The van der Waals surface area contributed by atoms with Crippen LogP contribution in [0.4, 0.5) is 11.6 Å². The van der Waals surface area contributed by atoms with Crippen molar-refractivity contribution in [1.82, 2.24) is 24.7 Å². The van der Waals surface area contributed by atoms with E-state index in [0.29, 0.717) is 28.9 Å². The summed E-state index contributed by atoms with van der Waals surface area (Å²) in [5.41, 5.74) is 1.73. The van der Waals surface area contributed by atoms with Crippen LogP contribution >= 0.6 is 0 Å². The van der Waals surface area contributed by atoms with Gasteiger partial charge < -0.3 is 19.8 Å². The Balaban J connectivity index is 0.000000290. The van der Waals surface area contributed by atoms with Gasteiger partial charge in [-0.15, -0.1) is 5.10 Å². The van der Waals surface area contributed by atoms with Crippen LogP contribution in [0.1, 0.15) is 39.3 Å². The van der Waals surface area contributed by atoms with E-state index in [0.717, 1.165) is 24.5 Å². The minimum atomic E-state index is 0.0143. The molecule has 1 atom stereocenters. The fourth-order valence-electron chi connectivity index (χ4n) is 2.93. The third-order valence-corrected chi connectivity index (χ3v) is 4.48. The molecule has 0 saturated carbocycles. The van der Waals surface area contributed by atoms with Gasteiger partial charge in [0.15, 0.2) is 0 Å². The minimum absolute atomic E-state index is 0.0143. The van der Waals surface area contributed by atoms with Crippen LogP contribution in [0.15, 0.2) is 18.5 Å². The normalized spacial score (nSPS) is 15.8.